The Kier molecular flexibility index (Phi) is 5.24. The maximum atomic E-state index is 5.22. The first kappa shape index (κ1) is 15.8. The predicted octanol–water partition coefficient (Wildman–Crippen LogP) is 5.08. The molecule has 0 aliphatic rings. The Morgan fingerprint density at radius 1 is 0.714 bits per heavy atom. The Bertz CT molecular complexity index is 545. The predicted molar refractivity (Wildman–Crippen MR) is 95.3 cm³/mol. The fraction of sp³-hybridized carbons (Fsp3) is 0.368. The molecule has 2 aromatic carbocycles. The summed E-state index contributed by atoms with van der Waals surface area (Å²) < 4.78 is 5.22. The van der Waals surface area contributed by atoms with Gasteiger partial charge < -0.3 is 4.74 Å². The number of benzene rings is 2. The van der Waals surface area contributed by atoms with E-state index in [9.17, 15) is 0 Å². The molecule has 0 atom stereocenters. The quantitative estimate of drug-likeness (QED) is 0.676. The Morgan fingerprint density at radius 3 is 1.52 bits per heavy atom. The van der Waals surface area contributed by atoms with Crippen molar-refractivity contribution in [3.8, 4) is 16.9 Å². The highest BCUT2D eigenvalue weighted by molar-refractivity contribution is 6.91. The topological polar surface area (TPSA) is 9.23 Å². The van der Waals surface area contributed by atoms with E-state index in [2.05, 4.69) is 57.2 Å². The van der Waals surface area contributed by atoms with Gasteiger partial charge in [-0.05, 0) is 23.3 Å². The smallest absolute Gasteiger partial charge is 0.118 e. The number of ether oxygens (including phenoxy) is 1. The molecular weight excluding hydrogens is 272 g/mol. The van der Waals surface area contributed by atoms with Gasteiger partial charge in [-0.25, -0.2) is 0 Å². The summed E-state index contributed by atoms with van der Waals surface area (Å²) in [4.78, 5) is 0. The first-order valence-electron chi connectivity index (χ1n) is 7.94. The van der Waals surface area contributed by atoms with Crippen molar-refractivity contribution in [2.75, 3.05) is 7.11 Å². The van der Waals surface area contributed by atoms with Gasteiger partial charge in [0.25, 0.3) is 0 Å². The van der Waals surface area contributed by atoms with Crippen LogP contribution in [0.4, 0.5) is 0 Å². The summed E-state index contributed by atoms with van der Waals surface area (Å²) in [5, 5.41) is 1.60. The Balaban J connectivity index is 2.29. The van der Waals surface area contributed by atoms with Gasteiger partial charge in [-0.1, -0.05) is 80.5 Å². The molecule has 0 N–H and O–H groups in total. The molecule has 0 saturated carbocycles. The van der Waals surface area contributed by atoms with Crippen molar-refractivity contribution in [2.45, 2.75) is 38.9 Å². The molecule has 0 bridgehead atoms. The third kappa shape index (κ3) is 3.21. The fourth-order valence-corrected chi connectivity index (χ4v) is 6.76. The average molecular weight is 299 g/mol. The lowest BCUT2D eigenvalue weighted by Crippen LogP contribution is -2.45. The fourth-order valence-electron chi connectivity index (χ4n) is 3.16. The van der Waals surface area contributed by atoms with Crippen LogP contribution in [0.3, 0.4) is 0 Å². The molecule has 0 spiro atoms. The standard InChI is InChI=1S/C19H26OSi/c1-5-21(6-2,7-3)19-14-10-17(11-15-19)16-8-12-18(20-4)13-9-16/h8-15H,5-7H2,1-4H3. The second kappa shape index (κ2) is 6.95. The van der Waals surface area contributed by atoms with E-state index in [4.69, 9.17) is 4.74 Å². The van der Waals surface area contributed by atoms with Crippen LogP contribution in [0.25, 0.3) is 11.1 Å². The van der Waals surface area contributed by atoms with E-state index in [1.807, 2.05) is 12.1 Å². The highest BCUT2D eigenvalue weighted by atomic mass is 28.3. The molecule has 0 aromatic heterocycles. The number of methoxy groups -OCH3 is 1. The molecule has 0 amide bonds. The van der Waals surface area contributed by atoms with Crippen LogP contribution < -0.4 is 9.92 Å². The first-order valence-corrected chi connectivity index (χ1v) is 10.6. The van der Waals surface area contributed by atoms with Crippen LogP contribution >= 0.6 is 0 Å². The van der Waals surface area contributed by atoms with Crippen molar-refractivity contribution in [1.29, 1.82) is 0 Å². The van der Waals surface area contributed by atoms with Crippen molar-refractivity contribution in [3.05, 3.63) is 48.5 Å². The zero-order valence-corrected chi connectivity index (χ0v) is 14.6. The van der Waals surface area contributed by atoms with Gasteiger partial charge in [0.15, 0.2) is 0 Å². The minimum Gasteiger partial charge on any atom is -0.497 e. The molecule has 2 heteroatoms. The van der Waals surface area contributed by atoms with Crippen LogP contribution in [-0.4, -0.2) is 15.2 Å². The molecule has 2 aromatic rings. The maximum absolute atomic E-state index is 5.22. The lowest BCUT2D eigenvalue weighted by atomic mass is 10.1. The summed E-state index contributed by atoms with van der Waals surface area (Å²) in [6, 6.07) is 21.6. The zero-order chi connectivity index (χ0) is 15.3. The molecule has 0 saturated heterocycles. The van der Waals surface area contributed by atoms with Gasteiger partial charge in [-0.3, -0.25) is 0 Å². The van der Waals surface area contributed by atoms with Gasteiger partial charge in [0.05, 0.1) is 15.2 Å². The van der Waals surface area contributed by atoms with Gasteiger partial charge >= 0.3 is 0 Å². The maximum Gasteiger partial charge on any atom is 0.118 e. The van der Waals surface area contributed by atoms with Crippen molar-refractivity contribution in [2.24, 2.45) is 0 Å². The van der Waals surface area contributed by atoms with Crippen LogP contribution in [0.2, 0.25) is 18.1 Å². The van der Waals surface area contributed by atoms with Gasteiger partial charge in [-0.2, -0.15) is 0 Å². The minimum atomic E-state index is -1.25. The molecule has 2 rings (SSSR count). The lowest BCUT2D eigenvalue weighted by molar-refractivity contribution is 0.415. The van der Waals surface area contributed by atoms with E-state index in [-0.39, 0.29) is 0 Å². The van der Waals surface area contributed by atoms with Crippen LogP contribution in [-0.2, 0) is 0 Å². The van der Waals surface area contributed by atoms with Crippen molar-refractivity contribution in [3.63, 3.8) is 0 Å². The number of hydrogen-bond donors (Lipinski definition) is 0. The van der Waals surface area contributed by atoms with Crippen molar-refractivity contribution < 1.29 is 4.74 Å². The van der Waals surface area contributed by atoms with E-state index in [1.165, 1.54) is 29.3 Å². The normalized spacial score (nSPS) is 11.4. The molecule has 1 nitrogen and oxygen atoms in total. The van der Waals surface area contributed by atoms with Crippen LogP contribution in [0.1, 0.15) is 20.8 Å². The van der Waals surface area contributed by atoms with E-state index < -0.39 is 8.07 Å². The summed E-state index contributed by atoms with van der Waals surface area (Å²) >= 11 is 0. The molecular formula is C19H26OSi. The van der Waals surface area contributed by atoms with E-state index >= 15 is 0 Å². The van der Waals surface area contributed by atoms with Gasteiger partial charge in [-0.15, -0.1) is 0 Å². The minimum absolute atomic E-state index is 0.907. The Hall–Kier alpha value is -1.54. The summed E-state index contributed by atoms with van der Waals surface area (Å²) in [5.41, 5.74) is 2.53. The van der Waals surface area contributed by atoms with E-state index in [0.717, 1.165) is 5.75 Å². The summed E-state index contributed by atoms with van der Waals surface area (Å²) in [5.74, 6) is 0.907. The van der Waals surface area contributed by atoms with Crippen molar-refractivity contribution in [1.82, 2.24) is 0 Å². The van der Waals surface area contributed by atoms with Crippen LogP contribution in [0.5, 0.6) is 5.75 Å². The molecule has 0 aliphatic carbocycles. The molecule has 0 fully saturated rings. The SMILES string of the molecule is CC[Si](CC)(CC)c1ccc(-c2ccc(OC)cc2)cc1. The highest BCUT2D eigenvalue weighted by Gasteiger charge is 2.28. The summed E-state index contributed by atoms with van der Waals surface area (Å²) in [7, 11) is 0.451. The molecule has 0 heterocycles. The Morgan fingerprint density at radius 2 is 1.14 bits per heavy atom. The first-order chi connectivity index (χ1) is 10.2. The second-order valence-electron chi connectivity index (χ2n) is 5.65. The molecule has 0 radical (unpaired) electrons. The third-order valence-electron chi connectivity index (χ3n) is 4.95. The van der Waals surface area contributed by atoms with Crippen LogP contribution in [0.15, 0.2) is 48.5 Å². The van der Waals surface area contributed by atoms with Crippen LogP contribution in [0, 0.1) is 0 Å². The largest absolute Gasteiger partial charge is 0.497 e. The second-order valence-corrected chi connectivity index (χ2v) is 10.9. The lowest BCUT2D eigenvalue weighted by Gasteiger charge is -2.28. The molecule has 0 aliphatic heterocycles. The molecule has 112 valence electrons. The summed E-state index contributed by atoms with van der Waals surface area (Å²) in [6.45, 7) is 7.07. The third-order valence-corrected chi connectivity index (χ3v) is 10.6. The number of rotatable bonds is 6. The zero-order valence-electron chi connectivity index (χ0n) is 13.6. The molecule has 21 heavy (non-hydrogen) atoms. The summed E-state index contributed by atoms with van der Waals surface area (Å²) in [6.07, 6.45) is 0. The van der Waals surface area contributed by atoms with Gasteiger partial charge in [0, 0.05) is 0 Å². The van der Waals surface area contributed by atoms with Gasteiger partial charge in [0.1, 0.15) is 5.75 Å². The molecule has 0 unspecified atom stereocenters. The van der Waals surface area contributed by atoms with Crippen molar-refractivity contribution >= 4 is 13.3 Å². The monoisotopic (exact) mass is 298 g/mol. The highest BCUT2D eigenvalue weighted by Crippen LogP contribution is 2.24. The Labute approximate surface area is 130 Å². The van der Waals surface area contributed by atoms with E-state index in [1.54, 1.807) is 12.3 Å². The number of hydrogen-bond acceptors (Lipinski definition) is 1. The van der Waals surface area contributed by atoms with Gasteiger partial charge in [0.2, 0.25) is 0 Å². The average Bonchev–Trinajstić information content (AvgIpc) is 2.58. The van der Waals surface area contributed by atoms with E-state index in [0.29, 0.717) is 0 Å².